The van der Waals surface area contributed by atoms with Crippen LogP contribution in [0.4, 0.5) is 0 Å². The van der Waals surface area contributed by atoms with Crippen LogP contribution in [0, 0.1) is 5.41 Å². The number of likely N-dealkylation sites (tertiary alicyclic amines) is 1. The first-order chi connectivity index (χ1) is 6.96. The number of carboxylic acids is 1. The molecule has 3 nitrogen and oxygen atoms in total. The van der Waals surface area contributed by atoms with Crippen molar-refractivity contribution in [3.8, 4) is 0 Å². The summed E-state index contributed by atoms with van der Waals surface area (Å²) in [6.45, 7) is 8.57. The van der Waals surface area contributed by atoms with Crippen LogP contribution in [0.15, 0.2) is 0 Å². The second-order valence-corrected chi connectivity index (χ2v) is 5.30. The maximum Gasteiger partial charge on any atom is 0.320 e. The van der Waals surface area contributed by atoms with Gasteiger partial charge in [0.1, 0.15) is 6.04 Å². The van der Waals surface area contributed by atoms with E-state index in [1.54, 1.807) is 0 Å². The molecule has 0 bridgehead atoms. The Morgan fingerprint density at radius 3 is 2.73 bits per heavy atom. The monoisotopic (exact) mass is 213 g/mol. The molecular formula is C12H23NO2. The molecule has 0 aromatic heterocycles. The average molecular weight is 213 g/mol. The van der Waals surface area contributed by atoms with Gasteiger partial charge >= 0.3 is 5.97 Å². The number of carboxylic acid groups (broad SMARTS) is 1. The van der Waals surface area contributed by atoms with Crippen molar-refractivity contribution >= 4 is 5.97 Å². The summed E-state index contributed by atoms with van der Waals surface area (Å²) in [4.78, 5) is 13.1. The van der Waals surface area contributed by atoms with Crippen molar-refractivity contribution in [2.24, 2.45) is 5.41 Å². The van der Waals surface area contributed by atoms with Gasteiger partial charge in [-0.2, -0.15) is 0 Å². The fourth-order valence-corrected chi connectivity index (χ4v) is 2.00. The zero-order valence-corrected chi connectivity index (χ0v) is 10.1. The Morgan fingerprint density at radius 1 is 1.53 bits per heavy atom. The Kier molecular flexibility index (Phi) is 4.14. The van der Waals surface area contributed by atoms with Crippen molar-refractivity contribution in [3.63, 3.8) is 0 Å². The molecule has 0 aromatic rings. The van der Waals surface area contributed by atoms with E-state index in [1.165, 1.54) is 0 Å². The lowest BCUT2D eigenvalue weighted by atomic mass is 9.86. The van der Waals surface area contributed by atoms with Crippen LogP contribution in [0.25, 0.3) is 0 Å². The van der Waals surface area contributed by atoms with Crippen LogP contribution in [-0.4, -0.2) is 35.1 Å². The fourth-order valence-electron chi connectivity index (χ4n) is 2.00. The predicted octanol–water partition coefficient (Wildman–Crippen LogP) is 2.36. The second-order valence-electron chi connectivity index (χ2n) is 5.30. The molecule has 1 N–H and O–H groups in total. The summed E-state index contributed by atoms with van der Waals surface area (Å²) >= 11 is 0. The number of rotatable bonds is 5. The first kappa shape index (κ1) is 12.5. The normalized spacial score (nSPS) is 23.3. The van der Waals surface area contributed by atoms with Gasteiger partial charge in [0.15, 0.2) is 0 Å². The Labute approximate surface area is 92.5 Å². The molecule has 1 aliphatic rings. The summed E-state index contributed by atoms with van der Waals surface area (Å²) in [6, 6.07) is -0.224. The molecule has 88 valence electrons. The maximum absolute atomic E-state index is 11.0. The Hall–Kier alpha value is -0.570. The number of hydrogen-bond donors (Lipinski definition) is 1. The van der Waals surface area contributed by atoms with Crippen LogP contribution in [0.2, 0.25) is 0 Å². The van der Waals surface area contributed by atoms with Crippen LogP contribution in [0.5, 0.6) is 0 Å². The molecule has 0 aromatic carbocycles. The Balaban J connectivity index is 2.41. The molecule has 1 heterocycles. The van der Waals surface area contributed by atoms with Gasteiger partial charge in [-0.3, -0.25) is 9.69 Å². The lowest BCUT2D eigenvalue weighted by Gasteiger charge is -2.28. The molecule has 0 aliphatic carbocycles. The van der Waals surface area contributed by atoms with E-state index in [0.717, 1.165) is 38.8 Å². The van der Waals surface area contributed by atoms with E-state index in [-0.39, 0.29) is 6.04 Å². The first-order valence-corrected chi connectivity index (χ1v) is 5.93. The summed E-state index contributed by atoms with van der Waals surface area (Å²) in [7, 11) is 0. The second kappa shape index (κ2) is 4.97. The van der Waals surface area contributed by atoms with Crippen LogP contribution in [0.1, 0.15) is 46.5 Å². The maximum atomic E-state index is 11.0. The van der Waals surface area contributed by atoms with Crippen molar-refractivity contribution in [3.05, 3.63) is 0 Å². The van der Waals surface area contributed by atoms with Gasteiger partial charge in [0.05, 0.1) is 0 Å². The van der Waals surface area contributed by atoms with Gasteiger partial charge in [0.2, 0.25) is 0 Å². The molecule has 1 saturated heterocycles. The summed E-state index contributed by atoms with van der Waals surface area (Å²) in [6.07, 6.45) is 4.09. The number of carbonyl (C=O) groups is 1. The summed E-state index contributed by atoms with van der Waals surface area (Å²) in [5.41, 5.74) is 0.339. The van der Waals surface area contributed by atoms with Gasteiger partial charge in [0, 0.05) is 0 Å². The van der Waals surface area contributed by atoms with Gasteiger partial charge in [-0.1, -0.05) is 27.2 Å². The number of nitrogens with zero attached hydrogens (tertiary/aromatic N) is 1. The van der Waals surface area contributed by atoms with Crippen molar-refractivity contribution < 1.29 is 9.90 Å². The van der Waals surface area contributed by atoms with E-state index in [9.17, 15) is 4.79 Å². The largest absolute Gasteiger partial charge is 0.480 e. The molecule has 0 saturated carbocycles. The minimum Gasteiger partial charge on any atom is -0.480 e. The summed E-state index contributed by atoms with van der Waals surface area (Å²) in [5.74, 6) is -0.651. The highest BCUT2D eigenvalue weighted by Crippen LogP contribution is 2.27. The smallest absolute Gasteiger partial charge is 0.320 e. The van der Waals surface area contributed by atoms with E-state index in [2.05, 4.69) is 25.7 Å². The highest BCUT2D eigenvalue weighted by molar-refractivity contribution is 5.73. The zero-order chi connectivity index (χ0) is 11.5. The van der Waals surface area contributed by atoms with E-state index < -0.39 is 5.97 Å². The summed E-state index contributed by atoms with van der Waals surface area (Å²) in [5, 5.41) is 9.03. The van der Waals surface area contributed by atoms with Crippen LogP contribution >= 0.6 is 0 Å². The predicted molar refractivity (Wildman–Crippen MR) is 60.9 cm³/mol. The molecule has 1 rings (SSSR count). The quantitative estimate of drug-likeness (QED) is 0.762. The molecule has 15 heavy (non-hydrogen) atoms. The standard InChI is InChI=1S/C12H23NO2/c1-4-12(2,3)7-9-13-8-5-6-10(13)11(14)15/h10H,4-9H2,1-3H3,(H,14,15)/t10-/m1/s1. The molecule has 0 unspecified atom stereocenters. The van der Waals surface area contributed by atoms with Crippen LogP contribution < -0.4 is 0 Å². The minimum atomic E-state index is -0.651. The Morgan fingerprint density at radius 2 is 2.20 bits per heavy atom. The van der Waals surface area contributed by atoms with Crippen molar-refractivity contribution in [2.45, 2.75) is 52.5 Å². The molecule has 1 aliphatic heterocycles. The lowest BCUT2D eigenvalue weighted by Crippen LogP contribution is -2.37. The average Bonchev–Trinajstić information content (AvgIpc) is 2.63. The van der Waals surface area contributed by atoms with E-state index in [1.807, 2.05) is 0 Å². The summed E-state index contributed by atoms with van der Waals surface area (Å²) < 4.78 is 0. The fraction of sp³-hybridized carbons (Fsp3) is 0.917. The number of aliphatic carboxylic acids is 1. The molecule has 3 heteroatoms. The SMILES string of the molecule is CCC(C)(C)CCN1CCC[C@@H]1C(=O)O. The molecule has 1 atom stereocenters. The molecular weight excluding hydrogens is 190 g/mol. The van der Waals surface area contributed by atoms with Gasteiger partial charge in [-0.05, 0) is 37.8 Å². The molecule has 0 radical (unpaired) electrons. The van der Waals surface area contributed by atoms with Crippen molar-refractivity contribution in [1.29, 1.82) is 0 Å². The van der Waals surface area contributed by atoms with E-state index in [4.69, 9.17) is 5.11 Å². The van der Waals surface area contributed by atoms with Crippen LogP contribution in [-0.2, 0) is 4.79 Å². The lowest BCUT2D eigenvalue weighted by molar-refractivity contribution is -0.142. The molecule has 1 fully saturated rings. The van der Waals surface area contributed by atoms with Crippen molar-refractivity contribution in [2.75, 3.05) is 13.1 Å². The minimum absolute atomic E-state index is 0.224. The molecule has 0 amide bonds. The zero-order valence-electron chi connectivity index (χ0n) is 10.1. The number of hydrogen-bond acceptors (Lipinski definition) is 2. The van der Waals surface area contributed by atoms with E-state index in [0.29, 0.717) is 5.41 Å². The highest BCUT2D eigenvalue weighted by Gasteiger charge is 2.31. The van der Waals surface area contributed by atoms with Gasteiger partial charge in [-0.25, -0.2) is 0 Å². The van der Waals surface area contributed by atoms with Gasteiger partial charge in [0.25, 0.3) is 0 Å². The van der Waals surface area contributed by atoms with E-state index >= 15 is 0 Å². The van der Waals surface area contributed by atoms with Gasteiger partial charge < -0.3 is 5.11 Å². The van der Waals surface area contributed by atoms with Crippen molar-refractivity contribution in [1.82, 2.24) is 4.90 Å². The molecule has 0 spiro atoms. The third-order valence-corrected chi connectivity index (χ3v) is 3.68. The Bertz CT molecular complexity index is 226. The first-order valence-electron chi connectivity index (χ1n) is 5.93. The highest BCUT2D eigenvalue weighted by atomic mass is 16.4. The third kappa shape index (κ3) is 3.49. The topological polar surface area (TPSA) is 40.5 Å². The van der Waals surface area contributed by atoms with Gasteiger partial charge in [-0.15, -0.1) is 0 Å². The third-order valence-electron chi connectivity index (χ3n) is 3.68. The van der Waals surface area contributed by atoms with Crippen LogP contribution in [0.3, 0.4) is 0 Å².